The molecule has 2 aromatic carbocycles. The quantitative estimate of drug-likeness (QED) is 0.635. The molecular formula is C23H30O3. The molecule has 0 aliphatic heterocycles. The number of hydrogen-bond acceptors (Lipinski definition) is 2. The zero-order valence-corrected chi connectivity index (χ0v) is 16.3. The molecule has 0 bridgehead atoms. The average molecular weight is 354 g/mol. The van der Waals surface area contributed by atoms with Crippen molar-refractivity contribution in [3.05, 3.63) is 65.2 Å². The Morgan fingerprint density at radius 3 is 2.12 bits per heavy atom. The summed E-state index contributed by atoms with van der Waals surface area (Å²) in [6, 6.07) is 15.1. The summed E-state index contributed by atoms with van der Waals surface area (Å²) in [6.07, 6.45) is 3.57. The van der Waals surface area contributed by atoms with E-state index < -0.39 is 5.97 Å². The highest BCUT2D eigenvalue weighted by Gasteiger charge is 2.15. The summed E-state index contributed by atoms with van der Waals surface area (Å²) in [5.74, 6) is 0.478. The second-order valence-corrected chi connectivity index (χ2v) is 8.34. The number of aromatic carboxylic acids is 1. The third-order valence-corrected chi connectivity index (χ3v) is 4.42. The minimum Gasteiger partial charge on any atom is -0.489 e. The van der Waals surface area contributed by atoms with E-state index in [1.807, 2.05) is 0 Å². The molecular weight excluding hydrogens is 324 g/mol. The lowest BCUT2D eigenvalue weighted by atomic mass is 9.83. The fraction of sp³-hybridized carbons (Fsp3) is 0.435. The normalized spacial score (nSPS) is 12.6. The van der Waals surface area contributed by atoms with Crippen molar-refractivity contribution in [3.8, 4) is 5.75 Å². The lowest BCUT2D eigenvalue weighted by molar-refractivity contribution is 0.0697. The largest absolute Gasteiger partial charge is 0.489 e. The lowest BCUT2D eigenvalue weighted by Gasteiger charge is -2.23. The highest BCUT2D eigenvalue weighted by atomic mass is 16.5. The summed E-state index contributed by atoms with van der Waals surface area (Å²) in [5.41, 5.74) is 3.13. The third-order valence-electron chi connectivity index (χ3n) is 4.42. The first-order valence-electron chi connectivity index (χ1n) is 9.27. The van der Waals surface area contributed by atoms with Crippen molar-refractivity contribution in [2.45, 2.75) is 53.6 Å². The maximum Gasteiger partial charge on any atom is 0.335 e. The number of aryl methyl sites for hydroxylation is 1. The molecule has 0 spiro atoms. The molecule has 0 aromatic heterocycles. The van der Waals surface area contributed by atoms with Crippen LogP contribution >= 0.6 is 0 Å². The van der Waals surface area contributed by atoms with E-state index in [0.717, 1.165) is 17.9 Å². The minimum atomic E-state index is -0.927. The van der Waals surface area contributed by atoms with Crippen LogP contribution in [0.5, 0.6) is 5.75 Å². The number of hydrogen-bond donors (Lipinski definition) is 1. The molecule has 0 saturated carbocycles. The Kier molecular flexibility index (Phi) is 6.84. The lowest BCUT2D eigenvalue weighted by Crippen LogP contribution is -2.11. The molecule has 1 atom stereocenters. The van der Waals surface area contributed by atoms with Crippen molar-refractivity contribution >= 4 is 5.97 Å². The van der Waals surface area contributed by atoms with Gasteiger partial charge in [-0.25, -0.2) is 4.79 Å². The van der Waals surface area contributed by atoms with Gasteiger partial charge in [-0.3, -0.25) is 0 Å². The summed E-state index contributed by atoms with van der Waals surface area (Å²) >= 11 is 0. The Morgan fingerprint density at radius 1 is 1.00 bits per heavy atom. The number of carboxylic acids is 1. The Morgan fingerprint density at radius 2 is 1.58 bits per heavy atom. The molecule has 1 unspecified atom stereocenters. The van der Waals surface area contributed by atoms with Gasteiger partial charge >= 0.3 is 5.97 Å². The van der Waals surface area contributed by atoms with Gasteiger partial charge in [-0.2, -0.15) is 0 Å². The first-order chi connectivity index (χ1) is 12.2. The standard InChI is InChI=1S/C23H30O3/c1-17(15-23(2,3)4)5-6-18-7-9-19(10-8-18)16-26-21-13-11-20(12-14-21)22(24)25/h7-14,17H,5-6,15-16H2,1-4H3,(H,24,25). The van der Waals surface area contributed by atoms with Crippen LogP contribution in [0.4, 0.5) is 0 Å². The van der Waals surface area contributed by atoms with Gasteiger partial charge in [-0.05, 0) is 66.0 Å². The van der Waals surface area contributed by atoms with Gasteiger partial charge in [0.05, 0.1) is 5.56 Å². The first kappa shape index (κ1) is 20.0. The smallest absolute Gasteiger partial charge is 0.335 e. The molecule has 0 aliphatic carbocycles. The molecule has 0 saturated heterocycles. The fourth-order valence-corrected chi connectivity index (χ4v) is 3.22. The number of carboxylic acid groups (broad SMARTS) is 1. The van der Waals surface area contributed by atoms with Crippen LogP contribution in [0.2, 0.25) is 0 Å². The van der Waals surface area contributed by atoms with Gasteiger partial charge in [0, 0.05) is 0 Å². The highest BCUT2D eigenvalue weighted by Crippen LogP contribution is 2.27. The van der Waals surface area contributed by atoms with Crippen LogP contribution in [-0.4, -0.2) is 11.1 Å². The van der Waals surface area contributed by atoms with Crippen LogP contribution in [0.15, 0.2) is 48.5 Å². The topological polar surface area (TPSA) is 46.5 Å². The SMILES string of the molecule is CC(CCc1ccc(COc2ccc(C(=O)O)cc2)cc1)CC(C)(C)C. The zero-order chi connectivity index (χ0) is 19.2. The molecule has 0 aliphatic rings. The van der Waals surface area contributed by atoms with Gasteiger partial charge in [0.15, 0.2) is 0 Å². The molecule has 26 heavy (non-hydrogen) atoms. The van der Waals surface area contributed by atoms with E-state index in [9.17, 15) is 4.79 Å². The maximum atomic E-state index is 10.8. The monoisotopic (exact) mass is 354 g/mol. The van der Waals surface area contributed by atoms with Crippen LogP contribution in [0.3, 0.4) is 0 Å². The molecule has 140 valence electrons. The van der Waals surface area contributed by atoms with Crippen molar-refractivity contribution in [2.75, 3.05) is 0 Å². The molecule has 0 fully saturated rings. The van der Waals surface area contributed by atoms with Crippen LogP contribution in [0, 0.1) is 11.3 Å². The first-order valence-corrected chi connectivity index (χ1v) is 9.27. The van der Waals surface area contributed by atoms with Gasteiger partial charge in [0.1, 0.15) is 12.4 Å². The minimum absolute atomic E-state index is 0.266. The van der Waals surface area contributed by atoms with Crippen molar-refractivity contribution in [2.24, 2.45) is 11.3 Å². The van der Waals surface area contributed by atoms with Crippen molar-refractivity contribution in [1.82, 2.24) is 0 Å². The van der Waals surface area contributed by atoms with Gasteiger partial charge in [0.2, 0.25) is 0 Å². The van der Waals surface area contributed by atoms with Crippen LogP contribution in [0.25, 0.3) is 0 Å². The molecule has 0 radical (unpaired) electrons. The van der Waals surface area contributed by atoms with E-state index in [4.69, 9.17) is 9.84 Å². The third kappa shape index (κ3) is 6.91. The van der Waals surface area contributed by atoms with Crippen molar-refractivity contribution < 1.29 is 14.6 Å². The summed E-state index contributed by atoms with van der Waals surface area (Å²) in [4.78, 5) is 10.8. The van der Waals surface area contributed by atoms with Gasteiger partial charge in [-0.1, -0.05) is 52.0 Å². The average Bonchev–Trinajstić information content (AvgIpc) is 2.58. The van der Waals surface area contributed by atoms with Crippen LogP contribution in [-0.2, 0) is 13.0 Å². The maximum absolute atomic E-state index is 10.8. The summed E-state index contributed by atoms with van der Waals surface area (Å²) in [5, 5.41) is 8.90. The fourth-order valence-electron chi connectivity index (χ4n) is 3.22. The Bertz CT molecular complexity index is 694. The predicted molar refractivity (Wildman–Crippen MR) is 106 cm³/mol. The molecule has 0 amide bonds. The summed E-state index contributed by atoms with van der Waals surface area (Å²) in [7, 11) is 0. The van der Waals surface area contributed by atoms with E-state index in [0.29, 0.717) is 17.8 Å². The second kappa shape index (κ2) is 8.88. The Balaban J connectivity index is 1.80. The van der Waals surface area contributed by atoms with Gasteiger partial charge < -0.3 is 9.84 Å². The Labute approximate surface area is 157 Å². The second-order valence-electron chi connectivity index (χ2n) is 8.34. The molecule has 0 heterocycles. The van der Waals surface area contributed by atoms with E-state index in [2.05, 4.69) is 52.0 Å². The van der Waals surface area contributed by atoms with Gasteiger partial charge in [0.25, 0.3) is 0 Å². The van der Waals surface area contributed by atoms with E-state index in [1.54, 1.807) is 24.3 Å². The number of rotatable bonds is 8. The van der Waals surface area contributed by atoms with Crippen molar-refractivity contribution in [1.29, 1.82) is 0 Å². The van der Waals surface area contributed by atoms with E-state index in [-0.39, 0.29) is 5.56 Å². The zero-order valence-electron chi connectivity index (χ0n) is 16.3. The van der Waals surface area contributed by atoms with E-state index >= 15 is 0 Å². The number of carbonyl (C=O) groups is 1. The molecule has 2 aromatic rings. The van der Waals surface area contributed by atoms with Crippen LogP contribution < -0.4 is 4.74 Å². The molecule has 2 rings (SSSR count). The summed E-state index contributed by atoms with van der Waals surface area (Å²) in [6.45, 7) is 9.71. The molecule has 3 nitrogen and oxygen atoms in total. The van der Waals surface area contributed by atoms with Crippen LogP contribution in [0.1, 0.15) is 62.0 Å². The van der Waals surface area contributed by atoms with Crippen molar-refractivity contribution in [3.63, 3.8) is 0 Å². The predicted octanol–water partition coefficient (Wildman–Crippen LogP) is 5.97. The summed E-state index contributed by atoms with van der Waals surface area (Å²) < 4.78 is 5.73. The van der Waals surface area contributed by atoms with Gasteiger partial charge in [-0.15, -0.1) is 0 Å². The number of benzene rings is 2. The highest BCUT2D eigenvalue weighted by molar-refractivity contribution is 5.87. The molecule has 1 N–H and O–H groups in total. The Hall–Kier alpha value is -2.29. The number of ether oxygens (including phenoxy) is 1. The van der Waals surface area contributed by atoms with E-state index in [1.165, 1.54) is 18.4 Å². The molecule has 3 heteroatoms.